The summed E-state index contributed by atoms with van der Waals surface area (Å²) < 4.78 is 16.5. The first-order valence-corrected chi connectivity index (χ1v) is 7.84. The Bertz CT molecular complexity index is 605. The van der Waals surface area contributed by atoms with Crippen molar-refractivity contribution in [3.8, 4) is 5.75 Å². The molecular formula is C12H15N3O5S. The van der Waals surface area contributed by atoms with E-state index in [1.165, 1.54) is 12.1 Å². The summed E-state index contributed by atoms with van der Waals surface area (Å²) in [5.74, 6) is 0.893. The molecule has 0 radical (unpaired) electrons. The molecule has 1 atom stereocenters. The van der Waals surface area contributed by atoms with Gasteiger partial charge in [-0.25, -0.2) is 0 Å². The zero-order valence-electron chi connectivity index (χ0n) is 11.4. The van der Waals surface area contributed by atoms with Gasteiger partial charge in [0.25, 0.3) is 11.6 Å². The minimum Gasteiger partial charge on any atom is -0.481 e. The molecule has 1 heterocycles. The lowest BCUT2D eigenvalue weighted by atomic mass is 10.2. The van der Waals surface area contributed by atoms with Gasteiger partial charge in [0.15, 0.2) is 12.4 Å². The summed E-state index contributed by atoms with van der Waals surface area (Å²) in [6, 6.07) is 2.73. The quantitative estimate of drug-likeness (QED) is 0.601. The molecule has 0 spiro atoms. The fourth-order valence-corrected chi connectivity index (χ4v) is 2.47. The molecule has 0 saturated heterocycles. The van der Waals surface area contributed by atoms with Crippen molar-refractivity contribution in [2.75, 3.05) is 35.3 Å². The predicted octanol–water partition coefficient (Wildman–Crippen LogP) is 1.11. The summed E-state index contributed by atoms with van der Waals surface area (Å²) in [7, 11) is -0.952. The lowest BCUT2D eigenvalue weighted by Crippen LogP contribution is -2.25. The Morgan fingerprint density at radius 2 is 2.29 bits per heavy atom. The van der Waals surface area contributed by atoms with E-state index in [0.717, 1.165) is 0 Å². The maximum atomic E-state index is 11.4. The zero-order valence-corrected chi connectivity index (χ0v) is 12.2. The van der Waals surface area contributed by atoms with E-state index in [9.17, 15) is 19.1 Å². The van der Waals surface area contributed by atoms with Crippen molar-refractivity contribution in [1.82, 2.24) is 0 Å². The maximum Gasteiger partial charge on any atom is 0.296 e. The lowest BCUT2D eigenvalue weighted by Gasteiger charge is -2.19. The van der Waals surface area contributed by atoms with Crippen LogP contribution in [0.15, 0.2) is 12.1 Å². The molecule has 9 heteroatoms. The number of rotatable bonds is 6. The number of hydrogen-bond acceptors (Lipinski definition) is 6. The molecule has 1 unspecified atom stereocenters. The van der Waals surface area contributed by atoms with E-state index in [4.69, 9.17) is 4.74 Å². The third-order valence-corrected chi connectivity index (χ3v) is 4.20. The van der Waals surface area contributed by atoms with E-state index >= 15 is 0 Å². The number of nitro groups is 1. The van der Waals surface area contributed by atoms with Crippen molar-refractivity contribution >= 4 is 33.8 Å². The van der Waals surface area contributed by atoms with Crippen LogP contribution in [0.3, 0.4) is 0 Å². The van der Waals surface area contributed by atoms with E-state index in [1.54, 1.807) is 0 Å². The summed E-state index contributed by atoms with van der Waals surface area (Å²) >= 11 is 0. The van der Waals surface area contributed by atoms with Crippen molar-refractivity contribution in [2.45, 2.75) is 6.92 Å². The first-order chi connectivity index (χ1) is 10.0. The van der Waals surface area contributed by atoms with Crippen LogP contribution in [-0.4, -0.2) is 39.7 Å². The third kappa shape index (κ3) is 3.69. The molecule has 1 amide bonds. The number of ether oxygens (including phenoxy) is 1. The minimum atomic E-state index is -0.952. The molecule has 2 rings (SSSR count). The molecule has 0 aromatic heterocycles. The number of nitrogens with zero attached hydrogens (tertiary/aromatic N) is 1. The van der Waals surface area contributed by atoms with Crippen LogP contribution in [-0.2, 0) is 15.6 Å². The van der Waals surface area contributed by atoms with Gasteiger partial charge in [-0.1, -0.05) is 6.92 Å². The Balaban J connectivity index is 2.21. The Hall–Kier alpha value is -2.16. The van der Waals surface area contributed by atoms with Crippen LogP contribution in [0.25, 0.3) is 0 Å². The van der Waals surface area contributed by atoms with Gasteiger partial charge in [-0.05, 0) is 6.07 Å². The second-order valence-corrected chi connectivity index (χ2v) is 6.18. The summed E-state index contributed by atoms with van der Waals surface area (Å²) in [5.41, 5.74) is 0.501. The average molecular weight is 313 g/mol. The molecule has 0 fully saturated rings. The largest absolute Gasteiger partial charge is 0.481 e. The molecule has 114 valence electrons. The Morgan fingerprint density at radius 1 is 1.52 bits per heavy atom. The minimum absolute atomic E-state index is 0.146. The monoisotopic (exact) mass is 313 g/mol. The molecule has 0 aliphatic carbocycles. The normalized spacial score (nSPS) is 14.6. The first-order valence-electron chi connectivity index (χ1n) is 6.35. The number of carbonyl (C=O) groups is 1. The number of carbonyl (C=O) groups excluding carboxylic acids is 1. The first kappa shape index (κ1) is 15.2. The Labute approximate surface area is 123 Å². The van der Waals surface area contributed by atoms with Crippen molar-refractivity contribution in [3.63, 3.8) is 0 Å². The van der Waals surface area contributed by atoms with Crippen LogP contribution in [0, 0.1) is 10.1 Å². The van der Waals surface area contributed by atoms with E-state index in [0.29, 0.717) is 23.7 Å². The highest BCUT2D eigenvalue weighted by molar-refractivity contribution is 7.84. The maximum absolute atomic E-state index is 11.4. The van der Waals surface area contributed by atoms with Gasteiger partial charge in [0.1, 0.15) is 5.69 Å². The predicted molar refractivity (Wildman–Crippen MR) is 79.3 cm³/mol. The van der Waals surface area contributed by atoms with Crippen molar-refractivity contribution in [2.24, 2.45) is 0 Å². The summed E-state index contributed by atoms with van der Waals surface area (Å²) in [5, 5.41) is 16.6. The van der Waals surface area contributed by atoms with Gasteiger partial charge < -0.3 is 15.4 Å². The second kappa shape index (κ2) is 6.53. The van der Waals surface area contributed by atoms with E-state index < -0.39 is 15.7 Å². The highest BCUT2D eigenvalue weighted by atomic mass is 32.2. The lowest BCUT2D eigenvalue weighted by molar-refractivity contribution is -0.384. The fraction of sp³-hybridized carbons (Fsp3) is 0.417. The number of benzene rings is 1. The number of nitro benzene ring substituents is 1. The molecular weight excluding hydrogens is 298 g/mol. The van der Waals surface area contributed by atoms with Gasteiger partial charge in [-0.15, -0.1) is 0 Å². The summed E-state index contributed by atoms with van der Waals surface area (Å²) in [6.45, 7) is 1.99. The molecule has 1 aliphatic heterocycles. The highest BCUT2D eigenvalue weighted by Crippen LogP contribution is 2.37. The standard InChI is InChI=1S/C12H15N3O5S/c1-2-21(19)4-3-13-8-5-9-11(6-10(8)15(17)18)20-7-12(16)14-9/h5-6,13H,2-4,7H2,1H3,(H,14,16). The van der Waals surface area contributed by atoms with Crippen LogP contribution in [0.1, 0.15) is 6.92 Å². The van der Waals surface area contributed by atoms with E-state index in [2.05, 4.69) is 10.6 Å². The Kier molecular flexibility index (Phi) is 4.73. The van der Waals surface area contributed by atoms with Gasteiger partial charge >= 0.3 is 0 Å². The summed E-state index contributed by atoms with van der Waals surface area (Å²) in [6.07, 6.45) is 0. The number of hydrogen-bond donors (Lipinski definition) is 2. The molecule has 0 bridgehead atoms. The van der Waals surface area contributed by atoms with Crippen LogP contribution >= 0.6 is 0 Å². The van der Waals surface area contributed by atoms with Crippen molar-refractivity contribution in [1.29, 1.82) is 0 Å². The fourth-order valence-electron chi connectivity index (χ4n) is 1.85. The van der Waals surface area contributed by atoms with Crippen molar-refractivity contribution in [3.05, 3.63) is 22.2 Å². The molecule has 21 heavy (non-hydrogen) atoms. The van der Waals surface area contributed by atoms with Crippen LogP contribution < -0.4 is 15.4 Å². The number of amides is 1. The van der Waals surface area contributed by atoms with Gasteiger partial charge in [0.05, 0.1) is 16.7 Å². The highest BCUT2D eigenvalue weighted by Gasteiger charge is 2.23. The van der Waals surface area contributed by atoms with E-state index in [-0.39, 0.29) is 29.6 Å². The van der Waals surface area contributed by atoms with Gasteiger partial charge in [0, 0.05) is 28.9 Å². The molecule has 1 aromatic rings. The van der Waals surface area contributed by atoms with Crippen LogP contribution in [0.4, 0.5) is 17.1 Å². The Morgan fingerprint density at radius 3 is 2.95 bits per heavy atom. The number of fused-ring (bicyclic) bond motifs is 1. The van der Waals surface area contributed by atoms with Gasteiger partial charge in [-0.2, -0.15) is 0 Å². The van der Waals surface area contributed by atoms with Crippen LogP contribution in [0.5, 0.6) is 5.75 Å². The SMILES string of the molecule is CCS(=O)CCNc1cc2c(cc1[N+](=O)[O-])OCC(=O)N2. The number of nitrogens with one attached hydrogen (secondary N) is 2. The van der Waals surface area contributed by atoms with E-state index in [1.807, 2.05) is 6.92 Å². The average Bonchev–Trinajstić information content (AvgIpc) is 2.45. The van der Waals surface area contributed by atoms with Crippen molar-refractivity contribution < 1.29 is 18.7 Å². The van der Waals surface area contributed by atoms with Gasteiger partial charge in [0.2, 0.25) is 0 Å². The summed E-state index contributed by atoms with van der Waals surface area (Å²) in [4.78, 5) is 21.8. The second-order valence-electron chi connectivity index (χ2n) is 4.32. The topological polar surface area (TPSA) is 111 Å². The number of anilines is 2. The zero-order chi connectivity index (χ0) is 15.4. The molecule has 8 nitrogen and oxygen atoms in total. The van der Waals surface area contributed by atoms with Gasteiger partial charge in [-0.3, -0.25) is 19.1 Å². The molecule has 2 N–H and O–H groups in total. The molecule has 0 saturated carbocycles. The third-order valence-electron chi connectivity index (χ3n) is 2.89. The molecule has 1 aliphatic rings. The van der Waals surface area contributed by atoms with Crippen LogP contribution in [0.2, 0.25) is 0 Å². The smallest absolute Gasteiger partial charge is 0.296 e. The molecule has 1 aromatic carbocycles.